The fraction of sp³-hybridized carbons (Fsp3) is 0.269. The summed E-state index contributed by atoms with van der Waals surface area (Å²) in [6.45, 7) is 9.15. The molecular weight excluding hydrogens is 505 g/mol. The number of hydrogen-bond acceptors (Lipinski definition) is 5. The Kier molecular flexibility index (Phi) is 8.94. The van der Waals surface area contributed by atoms with Crippen LogP contribution >= 0.6 is 19.7 Å². The SMILES string of the molecule is C=CC(C(C)/C=C\C)S(=O)(=O)n1c(C(=O)OCC)c(P(OC)c2ccccc2)c2cc(Cl)ccc21. The number of carbonyl (C=O) groups is 1. The van der Waals surface area contributed by atoms with Crippen molar-refractivity contribution < 1.29 is 22.5 Å². The van der Waals surface area contributed by atoms with Gasteiger partial charge in [0.2, 0.25) is 10.0 Å². The third kappa shape index (κ3) is 5.24. The van der Waals surface area contributed by atoms with Gasteiger partial charge in [0.1, 0.15) is 5.25 Å². The predicted molar refractivity (Wildman–Crippen MR) is 145 cm³/mol. The Labute approximate surface area is 213 Å². The molecule has 1 aromatic heterocycles. The van der Waals surface area contributed by atoms with Gasteiger partial charge in [0.15, 0.2) is 5.69 Å². The average molecular weight is 534 g/mol. The van der Waals surface area contributed by atoms with E-state index in [0.717, 1.165) is 9.28 Å². The molecule has 3 aromatic rings. The van der Waals surface area contributed by atoms with E-state index < -0.39 is 29.4 Å². The van der Waals surface area contributed by atoms with Gasteiger partial charge in [0, 0.05) is 28.1 Å². The Morgan fingerprint density at radius 3 is 2.49 bits per heavy atom. The van der Waals surface area contributed by atoms with Crippen LogP contribution in [0.2, 0.25) is 5.02 Å². The Balaban J connectivity index is 2.49. The zero-order chi connectivity index (χ0) is 25.8. The van der Waals surface area contributed by atoms with E-state index in [2.05, 4.69) is 6.58 Å². The largest absolute Gasteiger partial charge is 0.461 e. The van der Waals surface area contributed by atoms with E-state index in [9.17, 15) is 13.2 Å². The van der Waals surface area contributed by atoms with Crippen LogP contribution in [0, 0.1) is 5.92 Å². The Hall–Kier alpha value is -2.44. The Morgan fingerprint density at radius 2 is 1.91 bits per heavy atom. The lowest BCUT2D eigenvalue weighted by atomic mass is 10.1. The van der Waals surface area contributed by atoms with Crippen LogP contribution in [-0.2, 0) is 19.3 Å². The van der Waals surface area contributed by atoms with Crippen molar-refractivity contribution in [3.05, 3.63) is 84.1 Å². The van der Waals surface area contributed by atoms with E-state index in [-0.39, 0.29) is 18.2 Å². The molecule has 0 fully saturated rings. The van der Waals surface area contributed by atoms with Crippen molar-refractivity contribution in [1.82, 2.24) is 3.97 Å². The van der Waals surface area contributed by atoms with Crippen molar-refractivity contribution in [1.29, 1.82) is 0 Å². The number of esters is 1. The molecule has 0 bridgehead atoms. The zero-order valence-electron chi connectivity index (χ0n) is 20.1. The summed E-state index contributed by atoms with van der Waals surface area (Å²) >= 11 is 6.35. The zero-order valence-corrected chi connectivity index (χ0v) is 22.6. The second kappa shape index (κ2) is 11.5. The summed E-state index contributed by atoms with van der Waals surface area (Å²) in [5.74, 6) is -1.14. The van der Waals surface area contributed by atoms with Gasteiger partial charge >= 0.3 is 5.97 Å². The molecular formula is C26H29ClNO5PS. The van der Waals surface area contributed by atoms with Crippen molar-refractivity contribution >= 4 is 57.3 Å². The van der Waals surface area contributed by atoms with E-state index >= 15 is 0 Å². The number of halogens is 1. The molecule has 3 atom stereocenters. The molecule has 1 heterocycles. The highest BCUT2D eigenvalue weighted by atomic mass is 35.5. The summed E-state index contributed by atoms with van der Waals surface area (Å²) in [6.07, 6.45) is 4.98. The smallest absolute Gasteiger partial charge is 0.356 e. The monoisotopic (exact) mass is 533 g/mol. The van der Waals surface area contributed by atoms with Gasteiger partial charge in [-0.2, -0.15) is 0 Å². The van der Waals surface area contributed by atoms with Gasteiger partial charge < -0.3 is 9.26 Å². The van der Waals surface area contributed by atoms with Crippen LogP contribution < -0.4 is 10.6 Å². The van der Waals surface area contributed by atoms with Gasteiger partial charge in [-0.05, 0) is 38.0 Å². The van der Waals surface area contributed by atoms with Crippen molar-refractivity contribution in [2.45, 2.75) is 26.0 Å². The second-order valence-electron chi connectivity index (χ2n) is 7.79. The Bertz CT molecular complexity index is 1350. The lowest BCUT2D eigenvalue weighted by molar-refractivity contribution is 0.0520. The predicted octanol–water partition coefficient (Wildman–Crippen LogP) is 5.41. The molecule has 0 aliphatic carbocycles. The highest BCUT2D eigenvalue weighted by Crippen LogP contribution is 2.41. The molecule has 0 amide bonds. The van der Waals surface area contributed by atoms with Gasteiger partial charge in [0.05, 0.1) is 20.3 Å². The number of carbonyl (C=O) groups excluding carboxylic acids is 1. The van der Waals surface area contributed by atoms with E-state index in [1.165, 1.54) is 13.2 Å². The maximum atomic E-state index is 14.2. The van der Waals surface area contributed by atoms with Crippen LogP contribution in [0.15, 0.2) is 73.3 Å². The van der Waals surface area contributed by atoms with Crippen LogP contribution in [0.4, 0.5) is 0 Å². The van der Waals surface area contributed by atoms with Crippen molar-refractivity contribution in [2.75, 3.05) is 13.7 Å². The highest BCUT2D eigenvalue weighted by Gasteiger charge is 2.38. The normalized spacial score (nSPS) is 14.7. The quantitative estimate of drug-likeness (QED) is 0.198. The standard InChI is InChI=1S/C26H29ClNO5PS/c1-6-12-18(4)23(7-2)35(30,31)28-22-16-15-19(27)17-21(22)25(24(28)26(29)33-8-3)34(32-5)20-13-10-9-11-14-20/h6-7,9-18,23H,2,8H2,1,3-5H3/b12-6-. The first-order valence-electron chi connectivity index (χ1n) is 11.1. The molecule has 0 saturated carbocycles. The number of fused-ring (bicyclic) bond motifs is 1. The number of hydrogen-bond donors (Lipinski definition) is 0. The average Bonchev–Trinajstić information content (AvgIpc) is 3.16. The molecule has 3 rings (SSSR count). The van der Waals surface area contributed by atoms with Gasteiger partial charge in [-0.15, -0.1) is 6.58 Å². The highest BCUT2D eigenvalue weighted by molar-refractivity contribution is 7.91. The van der Waals surface area contributed by atoms with Crippen LogP contribution in [0.25, 0.3) is 10.9 Å². The second-order valence-corrected chi connectivity index (χ2v) is 12.1. The van der Waals surface area contributed by atoms with Crippen molar-refractivity contribution in [3.63, 3.8) is 0 Å². The Morgan fingerprint density at radius 1 is 1.23 bits per heavy atom. The molecule has 3 unspecified atom stereocenters. The van der Waals surface area contributed by atoms with E-state index in [4.69, 9.17) is 20.9 Å². The number of benzene rings is 2. The summed E-state index contributed by atoms with van der Waals surface area (Å²) in [5.41, 5.74) is 0.243. The number of allylic oxidation sites excluding steroid dienone is 2. The van der Waals surface area contributed by atoms with Gasteiger partial charge in [-0.25, -0.2) is 17.2 Å². The van der Waals surface area contributed by atoms with Gasteiger partial charge in [-0.1, -0.05) is 67.1 Å². The number of aromatic nitrogens is 1. The van der Waals surface area contributed by atoms with E-state index in [1.807, 2.05) is 37.3 Å². The molecule has 35 heavy (non-hydrogen) atoms. The molecule has 0 N–H and O–H groups in total. The molecule has 0 spiro atoms. The van der Waals surface area contributed by atoms with Crippen molar-refractivity contribution in [2.24, 2.45) is 5.92 Å². The first-order chi connectivity index (χ1) is 16.7. The third-order valence-corrected chi connectivity index (χ3v) is 9.97. The molecule has 0 aliphatic rings. The molecule has 0 radical (unpaired) electrons. The maximum Gasteiger partial charge on any atom is 0.356 e. The summed E-state index contributed by atoms with van der Waals surface area (Å²) in [6, 6.07) is 14.2. The molecule has 0 aliphatic heterocycles. The maximum absolute atomic E-state index is 14.2. The minimum Gasteiger partial charge on any atom is -0.461 e. The van der Waals surface area contributed by atoms with Crippen LogP contribution in [0.3, 0.4) is 0 Å². The molecule has 186 valence electrons. The third-order valence-electron chi connectivity index (χ3n) is 5.55. The summed E-state index contributed by atoms with van der Waals surface area (Å²) in [7, 11) is -4.19. The van der Waals surface area contributed by atoms with Gasteiger partial charge in [-0.3, -0.25) is 0 Å². The first-order valence-corrected chi connectivity index (χ1v) is 14.3. The molecule has 6 nitrogen and oxygen atoms in total. The van der Waals surface area contributed by atoms with E-state index in [1.54, 1.807) is 44.2 Å². The minimum atomic E-state index is -4.15. The first kappa shape index (κ1) is 27.2. The lowest BCUT2D eigenvalue weighted by Crippen LogP contribution is -2.34. The molecule has 9 heteroatoms. The van der Waals surface area contributed by atoms with Crippen LogP contribution in [0.5, 0.6) is 0 Å². The number of nitrogens with zero attached hydrogens (tertiary/aromatic N) is 1. The number of rotatable bonds is 10. The molecule has 2 aromatic carbocycles. The summed E-state index contributed by atoms with van der Waals surface area (Å²) < 4.78 is 40.7. The van der Waals surface area contributed by atoms with Crippen LogP contribution in [0.1, 0.15) is 31.3 Å². The summed E-state index contributed by atoms with van der Waals surface area (Å²) in [4.78, 5) is 13.4. The van der Waals surface area contributed by atoms with Gasteiger partial charge in [0.25, 0.3) is 0 Å². The number of ether oxygens (including phenoxy) is 1. The lowest BCUT2D eigenvalue weighted by Gasteiger charge is -2.22. The van der Waals surface area contributed by atoms with Crippen LogP contribution in [-0.4, -0.2) is 37.3 Å². The van der Waals surface area contributed by atoms with E-state index in [0.29, 0.717) is 21.2 Å². The van der Waals surface area contributed by atoms with Crippen molar-refractivity contribution in [3.8, 4) is 0 Å². The fourth-order valence-corrected chi connectivity index (χ4v) is 8.19. The fourth-order valence-electron chi connectivity index (χ4n) is 4.10. The summed E-state index contributed by atoms with van der Waals surface area (Å²) in [5, 5.41) is 1.19. The minimum absolute atomic E-state index is 0.0801. The molecule has 0 saturated heterocycles. The topological polar surface area (TPSA) is 74.6 Å².